The van der Waals surface area contributed by atoms with Crippen molar-refractivity contribution in [3.05, 3.63) is 0 Å². The molecule has 0 saturated heterocycles. The van der Waals surface area contributed by atoms with Crippen molar-refractivity contribution in [2.45, 2.75) is 27.7 Å². The fraction of sp³-hybridized carbons (Fsp3) is 0.800. The summed E-state index contributed by atoms with van der Waals surface area (Å²) < 4.78 is 0. The molecule has 0 bridgehead atoms. The molecule has 0 aliphatic rings. The molecule has 4 nitrogen and oxygen atoms in total. The van der Waals surface area contributed by atoms with Gasteiger partial charge < -0.3 is 24.8 Å². The third-order valence-electron chi connectivity index (χ3n) is 1.99. The summed E-state index contributed by atoms with van der Waals surface area (Å²) in [4.78, 5) is 0. The van der Waals surface area contributed by atoms with Gasteiger partial charge in [0.05, 0.1) is 12.4 Å². The molecule has 0 spiro atoms. The van der Waals surface area contributed by atoms with Gasteiger partial charge in [-0.05, 0) is 27.7 Å². The molecular formula is C10H22Cl2N4Ni. The zero-order chi connectivity index (χ0) is 10.8. The largest absolute Gasteiger partial charge is 2.00 e. The Morgan fingerprint density at radius 3 is 1.12 bits per heavy atom. The van der Waals surface area contributed by atoms with Gasteiger partial charge in [-0.1, -0.05) is 0 Å². The van der Waals surface area contributed by atoms with Crippen molar-refractivity contribution < 1.29 is 41.3 Å². The Kier molecular flexibility index (Phi) is 27.9. The molecular weight excluding hydrogens is 306 g/mol. The first-order valence-corrected chi connectivity index (χ1v) is 5.34. The van der Waals surface area contributed by atoms with Gasteiger partial charge in [0, 0.05) is 26.2 Å². The van der Waals surface area contributed by atoms with Gasteiger partial charge in [-0.25, -0.2) is 0 Å². The summed E-state index contributed by atoms with van der Waals surface area (Å²) in [6.45, 7) is 12.1. The van der Waals surface area contributed by atoms with Crippen LogP contribution >= 0.6 is 0 Å². The number of hydrogen-bond acceptors (Lipinski definition) is 4. The Balaban J connectivity index is -0.000000282. The molecule has 7 heteroatoms. The first-order chi connectivity index (χ1) is 6.78. The average molecular weight is 328 g/mol. The molecule has 106 valence electrons. The van der Waals surface area contributed by atoms with Gasteiger partial charge in [0.1, 0.15) is 0 Å². The van der Waals surface area contributed by atoms with Crippen molar-refractivity contribution in [3.63, 3.8) is 0 Å². The second-order valence-electron chi connectivity index (χ2n) is 2.81. The van der Waals surface area contributed by atoms with Gasteiger partial charge in [-0.15, -0.1) is 0 Å². The van der Waals surface area contributed by atoms with E-state index in [2.05, 4.69) is 37.9 Å². The van der Waals surface area contributed by atoms with Crippen molar-refractivity contribution in [2.75, 3.05) is 26.2 Å². The minimum absolute atomic E-state index is 0. The average Bonchev–Trinajstić information content (AvgIpc) is 2.24. The predicted octanol–water partition coefficient (Wildman–Crippen LogP) is -4.35. The smallest absolute Gasteiger partial charge is 1.00 e. The Morgan fingerprint density at radius 1 is 0.706 bits per heavy atom. The molecule has 0 aromatic carbocycles. The molecule has 0 N–H and O–H groups in total. The van der Waals surface area contributed by atoms with E-state index in [1.807, 2.05) is 10.0 Å². The molecule has 0 fully saturated rings. The summed E-state index contributed by atoms with van der Waals surface area (Å²) >= 11 is 0. The summed E-state index contributed by atoms with van der Waals surface area (Å²) in [6.07, 6.45) is 3.48. The zero-order valence-corrected chi connectivity index (χ0v) is 13.3. The van der Waals surface area contributed by atoms with Gasteiger partial charge in [0.15, 0.2) is 0 Å². The maximum atomic E-state index is 4.23. The second kappa shape index (κ2) is 18.4. The van der Waals surface area contributed by atoms with Crippen LogP contribution in [-0.2, 0) is 16.5 Å². The van der Waals surface area contributed by atoms with Crippen molar-refractivity contribution in [1.82, 2.24) is 10.0 Å². The van der Waals surface area contributed by atoms with Crippen LogP contribution in [0.2, 0.25) is 0 Å². The summed E-state index contributed by atoms with van der Waals surface area (Å²) in [5.74, 6) is 0. The van der Waals surface area contributed by atoms with Gasteiger partial charge in [0.25, 0.3) is 0 Å². The van der Waals surface area contributed by atoms with E-state index in [9.17, 15) is 0 Å². The van der Waals surface area contributed by atoms with E-state index in [1.165, 1.54) is 0 Å². The van der Waals surface area contributed by atoms with Crippen molar-refractivity contribution in [2.24, 2.45) is 10.2 Å². The Bertz CT molecular complexity index is 163. The van der Waals surface area contributed by atoms with Gasteiger partial charge >= 0.3 is 16.5 Å². The molecule has 0 amide bonds. The summed E-state index contributed by atoms with van der Waals surface area (Å²) in [5.41, 5.74) is 0. The molecule has 0 heterocycles. The number of hydrazone groups is 2. The van der Waals surface area contributed by atoms with E-state index in [4.69, 9.17) is 0 Å². The van der Waals surface area contributed by atoms with Crippen LogP contribution in [0.15, 0.2) is 10.2 Å². The van der Waals surface area contributed by atoms with Crippen LogP contribution < -0.4 is 24.8 Å². The molecule has 0 radical (unpaired) electrons. The molecule has 0 aliphatic heterocycles. The molecule has 0 saturated carbocycles. The fourth-order valence-corrected chi connectivity index (χ4v) is 1.02. The maximum Gasteiger partial charge on any atom is 2.00 e. The summed E-state index contributed by atoms with van der Waals surface area (Å²) in [5, 5.41) is 12.4. The summed E-state index contributed by atoms with van der Waals surface area (Å²) in [6, 6.07) is 0. The zero-order valence-electron chi connectivity index (χ0n) is 10.8. The molecule has 0 aromatic rings. The van der Waals surface area contributed by atoms with E-state index >= 15 is 0 Å². The van der Waals surface area contributed by atoms with Crippen molar-refractivity contribution in [1.29, 1.82) is 0 Å². The van der Waals surface area contributed by atoms with Crippen LogP contribution in [0, 0.1) is 0 Å². The third kappa shape index (κ3) is 14.0. The molecule has 0 atom stereocenters. The van der Waals surface area contributed by atoms with E-state index in [0.717, 1.165) is 26.2 Å². The first-order valence-electron chi connectivity index (χ1n) is 5.34. The Hall–Kier alpha value is 0.0135. The van der Waals surface area contributed by atoms with Crippen LogP contribution in [0.4, 0.5) is 0 Å². The van der Waals surface area contributed by atoms with Crippen LogP contribution in [0.25, 0.3) is 0 Å². The normalized spacial score (nSPS) is 9.41. The number of hydrogen-bond donors (Lipinski definition) is 0. The predicted molar refractivity (Wildman–Crippen MR) is 62.8 cm³/mol. The van der Waals surface area contributed by atoms with Gasteiger partial charge in [0.2, 0.25) is 0 Å². The first kappa shape index (κ1) is 25.8. The fourth-order valence-electron chi connectivity index (χ4n) is 1.02. The van der Waals surface area contributed by atoms with Gasteiger partial charge in [-0.3, -0.25) is 10.0 Å². The van der Waals surface area contributed by atoms with E-state index in [-0.39, 0.29) is 41.3 Å². The molecule has 0 unspecified atom stereocenters. The Labute approximate surface area is 128 Å². The maximum absolute atomic E-state index is 4.23. The molecule has 0 rings (SSSR count). The monoisotopic (exact) mass is 326 g/mol. The molecule has 17 heavy (non-hydrogen) atoms. The summed E-state index contributed by atoms with van der Waals surface area (Å²) in [7, 11) is 0. The topological polar surface area (TPSA) is 31.2 Å². The van der Waals surface area contributed by atoms with E-state index in [1.54, 1.807) is 12.4 Å². The quantitative estimate of drug-likeness (QED) is 0.269. The van der Waals surface area contributed by atoms with E-state index in [0.29, 0.717) is 0 Å². The SMILES string of the molecule is CCN(CC)N=CC=NN(CC)CC.[Cl-].[Cl-].[Ni+2]. The minimum Gasteiger partial charge on any atom is -1.00 e. The molecule has 0 aliphatic carbocycles. The minimum atomic E-state index is 0. The Morgan fingerprint density at radius 2 is 0.941 bits per heavy atom. The number of nitrogens with zero attached hydrogens (tertiary/aromatic N) is 4. The second-order valence-corrected chi connectivity index (χ2v) is 2.81. The standard InChI is InChI=1S/C10H22N4.2ClH.Ni/c1-5-13(6-2)11-9-10-12-14(7-3)8-4;;;/h9-10H,5-8H2,1-4H3;2*1H;/q;;;+2/p-2. The third-order valence-corrected chi connectivity index (χ3v) is 1.99. The van der Waals surface area contributed by atoms with Crippen molar-refractivity contribution in [3.8, 4) is 0 Å². The van der Waals surface area contributed by atoms with Gasteiger partial charge in [-0.2, -0.15) is 10.2 Å². The van der Waals surface area contributed by atoms with Crippen LogP contribution in [-0.4, -0.2) is 48.6 Å². The number of rotatable bonds is 7. The number of halogens is 2. The van der Waals surface area contributed by atoms with Crippen molar-refractivity contribution >= 4 is 12.4 Å². The van der Waals surface area contributed by atoms with Crippen LogP contribution in [0.5, 0.6) is 0 Å². The molecule has 0 aromatic heterocycles. The van der Waals surface area contributed by atoms with Crippen LogP contribution in [0.3, 0.4) is 0 Å². The van der Waals surface area contributed by atoms with Crippen LogP contribution in [0.1, 0.15) is 27.7 Å². The van der Waals surface area contributed by atoms with E-state index < -0.39 is 0 Å².